The summed E-state index contributed by atoms with van der Waals surface area (Å²) in [5.74, 6) is 0.717. The molecule has 1 unspecified atom stereocenters. The van der Waals surface area contributed by atoms with Gasteiger partial charge < -0.3 is 11.1 Å². The summed E-state index contributed by atoms with van der Waals surface area (Å²) in [7, 11) is 0. The van der Waals surface area contributed by atoms with Crippen molar-refractivity contribution in [3.8, 4) is 0 Å². The maximum absolute atomic E-state index is 6.08. The Hall–Kier alpha value is -1.00. The molecule has 18 heavy (non-hydrogen) atoms. The largest absolute Gasteiger partial charge is 0.397 e. The van der Waals surface area contributed by atoms with Crippen LogP contribution in [0.4, 0.5) is 11.5 Å². The topological polar surface area (TPSA) is 54.2 Å². The average Bonchev–Trinajstić information content (AvgIpc) is 2.38. The van der Waals surface area contributed by atoms with Crippen molar-refractivity contribution in [3.63, 3.8) is 0 Å². The molecule has 1 aromatic rings. The van der Waals surface area contributed by atoms with Gasteiger partial charge in [-0.3, -0.25) is 4.90 Å². The van der Waals surface area contributed by atoms with Crippen LogP contribution < -0.4 is 11.1 Å². The molecule has 0 aliphatic carbocycles. The van der Waals surface area contributed by atoms with Gasteiger partial charge in [0.1, 0.15) is 5.82 Å². The first-order valence-electron chi connectivity index (χ1n) is 6.56. The van der Waals surface area contributed by atoms with Crippen molar-refractivity contribution in [2.24, 2.45) is 0 Å². The van der Waals surface area contributed by atoms with Crippen LogP contribution in [0.15, 0.2) is 12.3 Å². The van der Waals surface area contributed by atoms with E-state index in [-0.39, 0.29) is 0 Å². The first kappa shape index (κ1) is 13.4. The Labute approximate surface area is 114 Å². The summed E-state index contributed by atoms with van der Waals surface area (Å²) in [6.45, 7) is 5.50. The van der Waals surface area contributed by atoms with Gasteiger partial charge in [0.2, 0.25) is 0 Å². The van der Waals surface area contributed by atoms with E-state index in [9.17, 15) is 0 Å². The van der Waals surface area contributed by atoms with Crippen LogP contribution in [-0.4, -0.2) is 35.6 Å². The highest BCUT2D eigenvalue weighted by atomic mass is 35.5. The van der Waals surface area contributed by atoms with Gasteiger partial charge >= 0.3 is 0 Å². The summed E-state index contributed by atoms with van der Waals surface area (Å²) in [5, 5.41) is 3.88. The van der Waals surface area contributed by atoms with Crippen molar-refractivity contribution in [2.45, 2.75) is 32.2 Å². The highest BCUT2D eigenvalue weighted by Crippen LogP contribution is 2.21. The molecule has 1 aliphatic rings. The minimum atomic E-state index is 0.501. The lowest BCUT2D eigenvalue weighted by atomic mass is 10.1. The SMILES string of the molecule is CC(CNc1ncc(N)cc1Cl)N1CCCCC1. The Balaban J connectivity index is 1.86. The number of likely N-dealkylation sites (tertiary alicyclic amines) is 1. The molecule has 0 aromatic carbocycles. The van der Waals surface area contributed by atoms with E-state index in [1.54, 1.807) is 12.3 Å². The zero-order chi connectivity index (χ0) is 13.0. The number of nitrogen functional groups attached to an aromatic ring is 1. The van der Waals surface area contributed by atoms with Gasteiger partial charge in [-0.05, 0) is 38.9 Å². The van der Waals surface area contributed by atoms with Gasteiger partial charge in [0, 0.05) is 12.6 Å². The molecular weight excluding hydrogens is 248 g/mol. The third kappa shape index (κ3) is 3.50. The second-order valence-corrected chi connectivity index (χ2v) is 5.33. The fraction of sp³-hybridized carbons (Fsp3) is 0.615. The van der Waals surface area contributed by atoms with Crippen molar-refractivity contribution in [1.82, 2.24) is 9.88 Å². The molecule has 1 aliphatic heterocycles. The number of pyridine rings is 1. The maximum Gasteiger partial charge on any atom is 0.144 e. The quantitative estimate of drug-likeness (QED) is 0.881. The molecule has 0 bridgehead atoms. The molecule has 1 aromatic heterocycles. The Morgan fingerprint density at radius 3 is 2.83 bits per heavy atom. The lowest BCUT2D eigenvalue weighted by Crippen LogP contribution is -2.41. The van der Waals surface area contributed by atoms with E-state index < -0.39 is 0 Å². The molecule has 3 N–H and O–H groups in total. The van der Waals surface area contributed by atoms with Gasteiger partial charge in [-0.1, -0.05) is 18.0 Å². The van der Waals surface area contributed by atoms with Gasteiger partial charge in [-0.25, -0.2) is 4.98 Å². The minimum absolute atomic E-state index is 0.501. The van der Waals surface area contributed by atoms with Gasteiger partial charge in [0.05, 0.1) is 16.9 Å². The molecule has 1 saturated heterocycles. The summed E-state index contributed by atoms with van der Waals surface area (Å²) in [5.41, 5.74) is 6.21. The lowest BCUT2D eigenvalue weighted by Gasteiger charge is -2.32. The van der Waals surface area contributed by atoms with Crippen LogP contribution in [0.5, 0.6) is 0 Å². The Morgan fingerprint density at radius 1 is 1.44 bits per heavy atom. The highest BCUT2D eigenvalue weighted by Gasteiger charge is 2.16. The Bertz CT molecular complexity index is 391. The fourth-order valence-electron chi connectivity index (χ4n) is 2.32. The van der Waals surface area contributed by atoms with Crippen LogP contribution in [0.1, 0.15) is 26.2 Å². The number of rotatable bonds is 4. The second kappa shape index (κ2) is 6.25. The Kier molecular flexibility index (Phi) is 4.66. The summed E-state index contributed by atoms with van der Waals surface area (Å²) in [6.07, 6.45) is 5.61. The molecule has 5 heteroatoms. The zero-order valence-electron chi connectivity index (χ0n) is 10.8. The van der Waals surface area contributed by atoms with E-state index in [2.05, 4.69) is 22.1 Å². The molecule has 0 saturated carbocycles. The van der Waals surface area contributed by atoms with Crippen LogP contribution in [0, 0.1) is 0 Å². The van der Waals surface area contributed by atoms with E-state index >= 15 is 0 Å². The molecule has 2 heterocycles. The first-order chi connectivity index (χ1) is 8.66. The summed E-state index contributed by atoms with van der Waals surface area (Å²) >= 11 is 6.08. The number of nitrogens with zero attached hydrogens (tertiary/aromatic N) is 2. The maximum atomic E-state index is 6.08. The summed E-state index contributed by atoms with van der Waals surface area (Å²) in [4.78, 5) is 6.72. The smallest absolute Gasteiger partial charge is 0.144 e. The van der Waals surface area contributed by atoms with Crippen molar-refractivity contribution in [2.75, 3.05) is 30.7 Å². The lowest BCUT2D eigenvalue weighted by molar-refractivity contribution is 0.180. The number of aromatic nitrogens is 1. The van der Waals surface area contributed by atoms with Crippen LogP contribution in [0.3, 0.4) is 0 Å². The predicted molar refractivity (Wildman–Crippen MR) is 77.0 cm³/mol. The van der Waals surface area contributed by atoms with Crippen molar-refractivity contribution in [1.29, 1.82) is 0 Å². The van der Waals surface area contributed by atoms with E-state index in [0.717, 1.165) is 12.4 Å². The molecule has 100 valence electrons. The number of anilines is 2. The molecule has 0 spiro atoms. The van der Waals surface area contributed by atoms with E-state index in [4.69, 9.17) is 17.3 Å². The third-order valence-electron chi connectivity index (χ3n) is 3.44. The second-order valence-electron chi connectivity index (χ2n) is 4.93. The van der Waals surface area contributed by atoms with Crippen LogP contribution in [0.2, 0.25) is 5.02 Å². The zero-order valence-corrected chi connectivity index (χ0v) is 11.6. The highest BCUT2D eigenvalue weighted by molar-refractivity contribution is 6.33. The normalized spacial score (nSPS) is 18.6. The number of piperidine rings is 1. The van der Waals surface area contributed by atoms with Crippen molar-refractivity contribution in [3.05, 3.63) is 17.3 Å². The number of nitrogens with one attached hydrogen (secondary N) is 1. The summed E-state index contributed by atoms with van der Waals surface area (Å²) < 4.78 is 0. The van der Waals surface area contributed by atoms with E-state index in [0.29, 0.717) is 16.8 Å². The molecule has 0 amide bonds. The third-order valence-corrected chi connectivity index (χ3v) is 3.73. The molecule has 2 rings (SSSR count). The predicted octanol–water partition coefficient (Wildman–Crippen LogP) is 2.60. The number of hydrogen-bond acceptors (Lipinski definition) is 4. The van der Waals surface area contributed by atoms with Crippen LogP contribution in [0.25, 0.3) is 0 Å². The van der Waals surface area contributed by atoms with E-state index in [1.807, 2.05) is 0 Å². The van der Waals surface area contributed by atoms with Crippen molar-refractivity contribution < 1.29 is 0 Å². The molecule has 1 fully saturated rings. The number of nitrogens with two attached hydrogens (primary N) is 1. The van der Waals surface area contributed by atoms with Crippen LogP contribution >= 0.6 is 11.6 Å². The van der Waals surface area contributed by atoms with Gasteiger partial charge in [-0.15, -0.1) is 0 Å². The van der Waals surface area contributed by atoms with E-state index in [1.165, 1.54) is 32.4 Å². The molecule has 4 nitrogen and oxygen atoms in total. The molecule has 0 radical (unpaired) electrons. The standard InChI is InChI=1S/C13H21ClN4/c1-10(18-5-3-2-4-6-18)8-16-13-12(14)7-11(15)9-17-13/h7,9-10H,2-6,8,15H2,1H3,(H,16,17). The number of halogens is 1. The van der Waals surface area contributed by atoms with Crippen molar-refractivity contribution >= 4 is 23.1 Å². The monoisotopic (exact) mass is 268 g/mol. The molecular formula is C13H21ClN4. The Morgan fingerprint density at radius 2 is 2.17 bits per heavy atom. The molecule has 1 atom stereocenters. The number of hydrogen-bond donors (Lipinski definition) is 2. The van der Waals surface area contributed by atoms with Gasteiger partial charge in [0.15, 0.2) is 0 Å². The van der Waals surface area contributed by atoms with Gasteiger partial charge in [-0.2, -0.15) is 0 Å². The average molecular weight is 269 g/mol. The van der Waals surface area contributed by atoms with Crippen LogP contribution in [-0.2, 0) is 0 Å². The van der Waals surface area contributed by atoms with Gasteiger partial charge in [0.25, 0.3) is 0 Å². The summed E-state index contributed by atoms with van der Waals surface area (Å²) in [6, 6.07) is 2.23. The minimum Gasteiger partial charge on any atom is -0.397 e. The fourth-order valence-corrected chi connectivity index (χ4v) is 2.56. The first-order valence-corrected chi connectivity index (χ1v) is 6.93.